The molecule has 1 unspecified atom stereocenters. The molecule has 1 atom stereocenters. The molecule has 1 heterocycles. The van der Waals surface area contributed by atoms with Crippen molar-refractivity contribution in [2.45, 2.75) is 81.6 Å². The van der Waals surface area contributed by atoms with E-state index in [2.05, 4.69) is 11.9 Å². The van der Waals surface area contributed by atoms with Crippen LogP contribution < -0.4 is 4.74 Å². The van der Waals surface area contributed by atoms with Gasteiger partial charge in [-0.2, -0.15) is 0 Å². The Morgan fingerprint density at radius 3 is 2.28 bits per heavy atom. The highest BCUT2D eigenvalue weighted by atomic mass is 32.2. The maximum absolute atomic E-state index is 11.2. The third-order valence-electron chi connectivity index (χ3n) is 5.65. The van der Waals surface area contributed by atoms with Gasteiger partial charge in [0.2, 0.25) is 0 Å². The summed E-state index contributed by atoms with van der Waals surface area (Å²) < 4.78 is 5.88. The first-order valence-corrected chi connectivity index (χ1v) is 13.5. The van der Waals surface area contributed by atoms with E-state index in [0.717, 1.165) is 30.7 Å². The molecule has 0 aliphatic carbocycles. The van der Waals surface area contributed by atoms with Gasteiger partial charge in [0.1, 0.15) is 16.9 Å². The average Bonchev–Trinajstić information content (AvgIpc) is 2.86. The van der Waals surface area contributed by atoms with Crippen LogP contribution in [0.25, 0.3) is 6.08 Å². The standard InChI is InChI=1S/C28H37NO6S/c1-2-3-4-5-6-7-8-9-10-11-19-35-24-16-17-25(29-23(24)15-18-26(30)31)36-28(34)22-14-12-13-21(20-22)27(32)33/h12-18,20,28,34H,2-11,19H2,1H3,(H,30,31)(H,32,33). The first-order valence-electron chi connectivity index (χ1n) is 12.6. The number of unbranched alkanes of at least 4 members (excludes halogenated alkanes) is 9. The number of aliphatic carboxylic acids is 1. The van der Waals surface area contributed by atoms with Crippen LogP contribution in [0.4, 0.5) is 0 Å². The fraction of sp³-hybridized carbons (Fsp3) is 0.464. The summed E-state index contributed by atoms with van der Waals surface area (Å²) in [6.45, 7) is 2.75. The van der Waals surface area contributed by atoms with Crippen molar-refractivity contribution in [2.24, 2.45) is 0 Å². The normalized spacial score (nSPS) is 12.1. The number of thioether (sulfide) groups is 1. The van der Waals surface area contributed by atoms with Gasteiger partial charge < -0.3 is 20.1 Å². The molecule has 0 fully saturated rings. The molecule has 1 aromatic heterocycles. The number of hydrogen-bond donors (Lipinski definition) is 3. The van der Waals surface area contributed by atoms with Crippen molar-refractivity contribution < 1.29 is 29.6 Å². The number of pyridine rings is 1. The lowest BCUT2D eigenvalue weighted by Gasteiger charge is -2.13. The minimum atomic E-state index is -1.10. The fourth-order valence-electron chi connectivity index (χ4n) is 3.68. The lowest BCUT2D eigenvalue weighted by molar-refractivity contribution is -0.131. The van der Waals surface area contributed by atoms with E-state index in [1.807, 2.05) is 0 Å². The zero-order valence-corrected chi connectivity index (χ0v) is 21.7. The van der Waals surface area contributed by atoms with Crippen LogP contribution in [0.15, 0.2) is 47.5 Å². The van der Waals surface area contributed by atoms with Crippen molar-refractivity contribution >= 4 is 29.8 Å². The van der Waals surface area contributed by atoms with Gasteiger partial charge in [-0.25, -0.2) is 14.6 Å². The van der Waals surface area contributed by atoms with E-state index < -0.39 is 17.4 Å². The van der Waals surface area contributed by atoms with E-state index in [9.17, 15) is 14.7 Å². The van der Waals surface area contributed by atoms with Crippen molar-refractivity contribution in [2.75, 3.05) is 6.61 Å². The molecule has 0 amide bonds. The summed E-state index contributed by atoms with van der Waals surface area (Å²) in [5.41, 5.74) is -0.154. The summed E-state index contributed by atoms with van der Waals surface area (Å²) in [6.07, 6.45) is 14.6. The van der Waals surface area contributed by atoms with E-state index >= 15 is 0 Å². The molecule has 0 radical (unpaired) electrons. The molecule has 0 spiro atoms. The number of aromatic carboxylic acids is 1. The summed E-state index contributed by atoms with van der Waals surface area (Å²) in [6, 6.07) is 9.49. The minimum absolute atomic E-state index is 0.0842. The van der Waals surface area contributed by atoms with Gasteiger partial charge >= 0.3 is 11.9 Å². The first-order chi connectivity index (χ1) is 17.4. The molecular formula is C28H37NO6S. The number of hydrogen-bond acceptors (Lipinski definition) is 6. The molecule has 0 bridgehead atoms. The second-order valence-electron chi connectivity index (χ2n) is 8.64. The Morgan fingerprint density at radius 2 is 1.64 bits per heavy atom. The van der Waals surface area contributed by atoms with E-state index in [1.54, 1.807) is 24.3 Å². The summed E-state index contributed by atoms with van der Waals surface area (Å²) in [4.78, 5) is 26.7. The van der Waals surface area contributed by atoms with Gasteiger partial charge in [-0.15, -0.1) is 0 Å². The van der Waals surface area contributed by atoms with Crippen molar-refractivity contribution in [1.82, 2.24) is 4.98 Å². The number of aliphatic hydroxyl groups is 1. The highest BCUT2D eigenvalue weighted by Crippen LogP contribution is 2.34. The predicted molar refractivity (Wildman–Crippen MR) is 142 cm³/mol. The SMILES string of the molecule is CCCCCCCCCCCCOc1ccc(SC(O)c2cccc(C(=O)O)c2)nc1C=CC(=O)O. The zero-order chi connectivity index (χ0) is 26.2. The zero-order valence-electron chi connectivity index (χ0n) is 20.9. The van der Waals surface area contributed by atoms with Crippen LogP contribution in [0.1, 0.15) is 98.2 Å². The second-order valence-corrected chi connectivity index (χ2v) is 9.74. The summed E-state index contributed by atoms with van der Waals surface area (Å²) in [5, 5.41) is 29.2. The molecule has 2 aromatic rings. The highest BCUT2D eigenvalue weighted by Gasteiger charge is 2.14. The third-order valence-corrected chi connectivity index (χ3v) is 6.62. The Bertz CT molecular complexity index is 994. The molecule has 3 N–H and O–H groups in total. The molecule has 196 valence electrons. The van der Waals surface area contributed by atoms with Crippen molar-refractivity contribution in [3.63, 3.8) is 0 Å². The van der Waals surface area contributed by atoms with E-state index in [0.29, 0.717) is 28.6 Å². The van der Waals surface area contributed by atoms with Crippen molar-refractivity contribution in [3.05, 3.63) is 59.3 Å². The molecule has 7 nitrogen and oxygen atoms in total. The average molecular weight is 516 g/mol. The minimum Gasteiger partial charge on any atom is -0.491 e. The summed E-state index contributed by atoms with van der Waals surface area (Å²) >= 11 is 1.03. The Morgan fingerprint density at radius 1 is 0.972 bits per heavy atom. The Hall–Kier alpha value is -2.84. The van der Waals surface area contributed by atoms with Gasteiger partial charge in [0.15, 0.2) is 0 Å². The maximum atomic E-state index is 11.2. The lowest BCUT2D eigenvalue weighted by atomic mass is 10.1. The predicted octanol–water partition coefficient (Wildman–Crippen LogP) is 6.96. The quantitative estimate of drug-likeness (QED) is 0.0844. The topological polar surface area (TPSA) is 117 Å². The molecule has 36 heavy (non-hydrogen) atoms. The van der Waals surface area contributed by atoms with Gasteiger partial charge in [0, 0.05) is 6.08 Å². The van der Waals surface area contributed by atoms with Gasteiger partial charge in [-0.1, -0.05) is 88.6 Å². The monoisotopic (exact) mass is 515 g/mol. The smallest absolute Gasteiger partial charge is 0.335 e. The molecule has 0 aliphatic heterocycles. The van der Waals surface area contributed by atoms with Crippen LogP contribution in [0.3, 0.4) is 0 Å². The Kier molecular flexibility index (Phi) is 13.7. The third kappa shape index (κ3) is 11.3. The van der Waals surface area contributed by atoms with Crippen LogP contribution in [0.5, 0.6) is 5.75 Å². The second kappa shape index (κ2) is 16.8. The number of rotatable bonds is 18. The molecule has 1 aromatic carbocycles. The summed E-state index contributed by atoms with van der Waals surface area (Å²) in [5.74, 6) is -1.69. The number of ether oxygens (including phenoxy) is 1. The van der Waals surface area contributed by atoms with Crippen LogP contribution in [0.2, 0.25) is 0 Å². The molecule has 0 saturated carbocycles. The Labute approximate surface area is 217 Å². The number of carboxylic acids is 2. The van der Waals surface area contributed by atoms with Crippen LogP contribution in [-0.4, -0.2) is 38.8 Å². The van der Waals surface area contributed by atoms with E-state index in [-0.39, 0.29) is 5.56 Å². The largest absolute Gasteiger partial charge is 0.491 e. The number of nitrogens with zero attached hydrogens (tertiary/aromatic N) is 1. The summed E-state index contributed by atoms with van der Waals surface area (Å²) in [7, 11) is 0. The molecule has 0 aliphatic rings. The van der Waals surface area contributed by atoms with Crippen LogP contribution >= 0.6 is 11.8 Å². The van der Waals surface area contributed by atoms with E-state index in [4.69, 9.17) is 14.9 Å². The van der Waals surface area contributed by atoms with Crippen molar-refractivity contribution in [1.29, 1.82) is 0 Å². The molecular weight excluding hydrogens is 478 g/mol. The number of aromatic nitrogens is 1. The van der Waals surface area contributed by atoms with E-state index in [1.165, 1.54) is 69.6 Å². The molecule has 0 saturated heterocycles. The molecule has 2 rings (SSSR count). The number of carboxylic acid groups (broad SMARTS) is 2. The number of aliphatic hydroxyl groups excluding tert-OH is 1. The first kappa shape index (κ1) is 29.4. The maximum Gasteiger partial charge on any atom is 0.335 e. The number of carbonyl (C=O) groups is 2. The van der Waals surface area contributed by atoms with Gasteiger partial charge in [0.05, 0.1) is 17.2 Å². The van der Waals surface area contributed by atoms with Gasteiger partial charge in [0.25, 0.3) is 0 Å². The van der Waals surface area contributed by atoms with Crippen molar-refractivity contribution in [3.8, 4) is 5.75 Å². The van der Waals surface area contributed by atoms with Gasteiger partial charge in [-0.3, -0.25) is 0 Å². The van der Waals surface area contributed by atoms with Crippen LogP contribution in [-0.2, 0) is 4.79 Å². The highest BCUT2D eigenvalue weighted by molar-refractivity contribution is 7.99. The molecule has 8 heteroatoms. The van der Waals surface area contributed by atoms with Crippen LogP contribution in [0, 0.1) is 0 Å². The fourth-order valence-corrected chi connectivity index (χ4v) is 4.49. The lowest BCUT2D eigenvalue weighted by Crippen LogP contribution is -2.02. The van der Waals surface area contributed by atoms with Gasteiger partial charge in [-0.05, 0) is 42.3 Å². The Balaban J connectivity index is 1.89. The number of benzene rings is 1.